The largest absolute Gasteiger partial charge is 0.488 e. The molecular formula is C14H22BrNO. The van der Waals surface area contributed by atoms with Crippen molar-refractivity contribution in [1.82, 2.24) is 5.32 Å². The van der Waals surface area contributed by atoms with Crippen LogP contribution in [0.2, 0.25) is 0 Å². The van der Waals surface area contributed by atoms with Gasteiger partial charge in [-0.05, 0) is 51.9 Å². The summed E-state index contributed by atoms with van der Waals surface area (Å²) >= 11 is 3.60. The van der Waals surface area contributed by atoms with E-state index in [1.807, 2.05) is 19.2 Å². The molecule has 0 aliphatic rings. The van der Waals surface area contributed by atoms with Crippen LogP contribution in [0.4, 0.5) is 0 Å². The maximum atomic E-state index is 5.95. The fraction of sp³-hybridized carbons (Fsp3) is 0.571. The lowest BCUT2D eigenvalue weighted by Gasteiger charge is -2.25. The van der Waals surface area contributed by atoms with Crippen molar-refractivity contribution in [3.63, 3.8) is 0 Å². The summed E-state index contributed by atoms with van der Waals surface area (Å²) in [6.07, 6.45) is 0.985. The van der Waals surface area contributed by atoms with Crippen molar-refractivity contribution >= 4 is 15.9 Å². The minimum absolute atomic E-state index is 0.115. The summed E-state index contributed by atoms with van der Waals surface area (Å²) in [6, 6.07) is 6.51. The van der Waals surface area contributed by atoms with Crippen molar-refractivity contribution in [3.05, 3.63) is 28.2 Å². The van der Waals surface area contributed by atoms with Gasteiger partial charge in [0, 0.05) is 10.5 Å². The Morgan fingerprint density at radius 3 is 2.53 bits per heavy atom. The lowest BCUT2D eigenvalue weighted by atomic mass is 10.1. The van der Waals surface area contributed by atoms with Gasteiger partial charge in [-0.2, -0.15) is 0 Å². The molecule has 2 nitrogen and oxygen atoms in total. The van der Waals surface area contributed by atoms with Gasteiger partial charge in [0.1, 0.15) is 11.4 Å². The predicted octanol–water partition coefficient (Wildman–Crippen LogP) is 4.30. The number of hydrogen-bond donors (Lipinski definition) is 1. The molecule has 0 fully saturated rings. The van der Waals surface area contributed by atoms with E-state index in [0.29, 0.717) is 6.04 Å². The van der Waals surface area contributed by atoms with Crippen LogP contribution in [0.5, 0.6) is 5.75 Å². The molecule has 0 aliphatic carbocycles. The minimum Gasteiger partial charge on any atom is -0.488 e. The topological polar surface area (TPSA) is 21.3 Å². The van der Waals surface area contributed by atoms with Crippen molar-refractivity contribution in [2.45, 2.75) is 45.8 Å². The molecule has 0 aliphatic heterocycles. The lowest BCUT2D eigenvalue weighted by molar-refractivity contribution is 0.105. The molecule has 1 atom stereocenters. The van der Waals surface area contributed by atoms with Crippen molar-refractivity contribution in [2.24, 2.45) is 0 Å². The van der Waals surface area contributed by atoms with Gasteiger partial charge in [-0.3, -0.25) is 0 Å². The molecule has 0 amide bonds. The van der Waals surface area contributed by atoms with Gasteiger partial charge in [0.2, 0.25) is 0 Å². The zero-order valence-corrected chi connectivity index (χ0v) is 12.9. The highest BCUT2D eigenvalue weighted by Crippen LogP contribution is 2.29. The van der Waals surface area contributed by atoms with E-state index < -0.39 is 0 Å². The first-order valence-corrected chi connectivity index (χ1v) is 6.84. The first-order chi connectivity index (χ1) is 7.89. The average Bonchev–Trinajstić information content (AvgIpc) is 2.28. The van der Waals surface area contributed by atoms with E-state index in [1.54, 1.807) is 0 Å². The second kappa shape index (κ2) is 5.87. The zero-order valence-electron chi connectivity index (χ0n) is 11.3. The molecule has 1 aromatic carbocycles. The fourth-order valence-corrected chi connectivity index (χ4v) is 2.17. The Labute approximate surface area is 113 Å². The highest BCUT2D eigenvalue weighted by molar-refractivity contribution is 9.10. The smallest absolute Gasteiger partial charge is 0.121 e. The standard InChI is InChI=1S/C14H22BrNO/c1-6-14(3,4)17-11-7-8-12(10(2)16-5)13(15)9-11/h7-10,16H,6H2,1-5H3. The Hall–Kier alpha value is -0.540. The van der Waals surface area contributed by atoms with Crippen LogP contribution in [0.15, 0.2) is 22.7 Å². The number of ether oxygens (including phenoxy) is 1. The molecule has 3 heteroatoms. The molecule has 0 bridgehead atoms. The summed E-state index contributed by atoms with van der Waals surface area (Å²) in [4.78, 5) is 0. The SMILES string of the molecule is CCC(C)(C)Oc1ccc(C(C)NC)c(Br)c1. The van der Waals surface area contributed by atoms with Gasteiger partial charge >= 0.3 is 0 Å². The van der Waals surface area contributed by atoms with Crippen LogP contribution in [0.25, 0.3) is 0 Å². The molecule has 1 aromatic rings. The van der Waals surface area contributed by atoms with Crippen molar-refractivity contribution in [1.29, 1.82) is 0 Å². The minimum atomic E-state index is -0.115. The Bertz CT molecular complexity index is 376. The first kappa shape index (κ1) is 14.5. The molecule has 1 unspecified atom stereocenters. The van der Waals surface area contributed by atoms with Crippen LogP contribution in [0.3, 0.4) is 0 Å². The maximum Gasteiger partial charge on any atom is 0.121 e. The molecule has 0 aromatic heterocycles. The van der Waals surface area contributed by atoms with Crippen molar-refractivity contribution in [2.75, 3.05) is 7.05 Å². The van der Waals surface area contributed by atoms with Crippen LogP contribution in [0, 0.1) is 0 Å². The second-order valence-electron chi connectivity index (χ2n) is 4.91. The van der Waals surface area contributed by atoms with Gasteiger partial charge in [0.25, 0.3) is 0 Å². The first-order valence-electron chi connectivity index (χ1n) is 6.05. The molecule has 1 rings (SSSR count). The summed E-state index contributed by atoms with van der Waals surface area (Å²) < 4.78 is 7.04. The van der Waals surface area contributed by atoms with E-state index in [4.69, 9.17) is 4.74 Å². The summed E-state index contributed by atoms with van der Waals surface area (Å²) in [5.74, 6) is 0.913. The maximum absolute atomic E-state index is 5.95. The molecule has 1 N–H and O–H groups in total. The Kier molecular flexibility index (Phi) is 5.02. The van der Waals surface area contributed by atoms with E-state index in [2.05, 4.69) is 55.0 Å². The van der Waals surface area contributed by atoms with Gasteiger partial charge in [-0.1, -0.05) is 28.9 Å². The molecule has 0 heterocycles. The number of rotatable bonds is 5. The quantitative estimate of drug-likeness (QED) is 0.875. The van der Waals surface area contributed by atoms with Crippen molar-refractivity contribution in [3.8, 4) is 5.75 Å². The van der Waals surface area contributed by atoms with Crippen LogP contribution in [-0.2, 0) is 0 Å². The predicted molar refractivity (Wildman–Crippen MR) is 76.6 cm³/mol. The van der Waals surface area contributed by atoms with Gasteiger partial charge in [-0.25, -0.2) is 0 Å². The lowest BCUT2D eigenvalue weighted by Crippen LogP contribution is -2.26. The molecule has 0 radical (unpaired) electrons. The van der Waals surface area contributed by atoms with E-state index >= 15 is 0 Å². The Morgan fingerprint density at radius 2 is 2.06 bits per heavy atom. The average molecular weight is 300 g/mol. The number of nitrogens with one attached hydrogen (secondary N) is 1. The van der Waals surface area contributed by atoms with E-state index in [0.717, 1.165) is 16.6 Å². The normalized spacial score (nSPS) is 13.5. The number of halogens is 1. The monoisotopic (exact) mass is 299 g/mol. The summed E-state index contributed by atoms with van der Waals surface area (Å²) in [7, 11) is 1.96. The molecular weight excluding hydrogens is 278 g/mol. The number of hydrogen-bond acceptors (Lipinski definition) is 2. The summed E-state index contributed by atoms with van der Waals surface area (Å²) in [5.41, 5.74) is 1.13. The van der Waals surface area contributed by atoms with Crippen molar-refractivity contribution < 1.29 is 4.74 Å². The Morgan fingerprint density at radius 1 is 1.41 bits per heavy atom. The van der Waals surface area contributed by atoms with Gasteiger partial charge in [-0.15, -0.1) is 0 Å². The number of benzene rings is 1. The molecule has 0 saturated heterocycles. The van der Waals surface area contributed by atoms with E-state index in [9.17, 15) is 0 Å². The molecule has 17 heavy (non-hydrogen) atoms. The highest BCUT2D eigenvalue weighted by atomic mass is 79.9. The summed E-state index contributed by atoms with van der Waals surface area (Å²) in [5, 5.41) is 3.23. The molecule has 96 valence electrons. The third-order valence-electron chi connectivity index (χ3n) is 3.12. The third kappa shape index (κ3) is 4.00. The van der Waals surface area contributed by atoms with Gasteiger partial charge in [0.05, 0.1) is 0 Å². The summed E-state index contributed by atoms with van der Waals surface area (Å²) in [6.45, 7) is 8.47. The molecule has 0 spiro atoms. The van der Waals surface area contributed by atoms with Gasteiger partial charge in [0.15, 0.2) is 0 Å². The Balaban J connectivity index is 2.89. The van der Waals surface area contributed by atoms with Crippen LogP contribution >= 0.6 is 15.9 Å². The zero-order chi connectivity index (χ0) is 13.1. The van der Waals surface area contributed by atoms with Crippen LogP contribution < -0.4 is 10.1 Å². The van der Waals surface area contributed by atoms with E-state index in [1.165, 1.54) is 5.56 Å². The fourth-order valence-electron chi connectivity index (χ4n) is 1.47. The van der Waals surface area contributed by atoms with Gasteiger partial charge < -0.3 is 10.1 Å². The van der Waals surface area contributed by atoms with Crippen LogP contribution in [0.1, 0.15) is 45.7 Å². The van der Waals surface area contributed by atoms with Crippen LogP contribution in [-0.4, -0.2) is 12.6 Å². The van der Waals surface area contributed by atoms with E-state index in [-0.39, 0.29) is 5.60 Å². The second-order valence-corrected chi connectivity index (χ2v) is 5.76. The molecule has 0 saturated carbocycles. The highest BCUT2D eigenvalue weighted by Gasteiger charge is 2.17. The third-order valence-corrected chi connectivity index (χ3v) is 3.80.